The normalized spacial score (nSPS) is 28.5. The monoisotopic (exact) mass is 182 g/mol. The molecule has 2 rings (SSSR count). The summed E-state index contributed by atoms with van der Waals surface area (Å²) in [4.78, 5) is 0. The van der Waals surface area contributed by atoms with E-state index in [-0.39, 0.29) is 0 Å². The molecule has 0 bridgehead atoms. The predicted molar refractivity (Wildman–Crippen MR) is 54.5 cm³/mol. The summed E-state index contributed by atoms with van der Waals surface area (Å²) in [6.45, 7) is 0. The first kappa shape index (κ1) is 7.56. The van der Waals surface area contributed by atoms with Crippen LogP contribution < -0.4 is 0 Å². The van der Waals surface area contributed by atoms with Gasteiger partial charge >= 0.3 is 0 Å². The van der Waals surface area contributed by atoms with Crippen LogP contribution in [0.25, 0.3) is 0 Å². The van der Waals surface area contributed by atoms with Crippen LogP contribution in [-0.4, -0.2) is 0 Å². The Hall–Kier alpha value is -0.0800. The lowest BCUT2D eigenvalue weighted by atomic mass is 10.1. The Bertz CT molecular complexity index is 243. The topological polar surface area (TPSA) is 0 Å². The van der Waals surface area contributed by atoms with Gasteiger partial charge in [0.05, 0.1) is 0 Å². The summed E-state index contributed by atoms with van der Waals surface area (Å²) < 4.78 is 0. The van der Waals surface area contributed by atoms with Crippen molar-refractivity contribution < 1.29 is 0 Å². The van der Waals surface area contributed by atoms with Gasteiger partial charge in [0.1, 0.15) is 0 Å². The Morgan fingerprint density at radius 3 is 1.91 bits per heavy atom. The summed E-state index contributed by atoms with van der Waals surface area (Å²) in [5.74, 6) is 0. The Labute approximate surface area is 77.8 Å². The molecular formula is C9H10S2. The van der Waals surface area contributed by atoms with Gasteiger partial charge in [0.2, 0.25) is 0 Å². The van der Waals surface area contributed by atoms with E-state index in [0.29, 0.717) is 10.5 Å². The van der Waals surface area contributed by atoms with E-state index in [1.54, 1.807) is 0 Å². The van der Waals surface area contributed by atoms with E-state index in [1.807, 2.05) is 0 Å². The maximum Gasteiger partial charge on any atom is 0.0283 e. The second kappa shape index (κ2) is 2.76. The van der Waals surface area contributed by atoms with Crippen LogP contribution in [-0.2, 0) is 0 Å². The van der Waals surface area contributed by atoms with Crippen molar-refractivity contribution in [3.8, 4) is 0 Å². The van der Waals surface area contributed by atoms with Gasteiger partial charge in [0, 0.05) is 10.5 Å². The third kappa shape index (κ3) is 1.18. The second-order valence-electron chi connectivity index (χ2n) is 2.90. The predicted octanol–water partition coefficient (Wildman–Crippen LogP) is 3.03. The summed E-state index contributed by atoms with van der Waals surface area (Å²) in [5, 5.41) is 0.794. The minimum absolute atomic E-state index is 0.397. The van der Waals surface area contributed by atoms with Gasteiger partial charge in [-0.1, -0.05) is 24.3 Å². The third-order valence-electron chi connectivity index (χ3n) is 2.16. The molecule has 1 aromatic rings. The smallest absolute Gasteiger partial charge is 0.0283 e. The number of rotatable bonds is 0. The number of benzene rings is 1. The van der Waals surface area contributed by atoms with Crippen LogP contribution in [0.2, 0.25) is 0 Å². The van der Waals surface area contributed by atoms with E-state index >= 15 is 0 Å². The number of fused-ring (bicyclic) bond motifs is 1. The maximum atomic E-state index is 4.48. The fraction of sp³-hybridized carbons (Fsp3) is 0.333. The van der Waals surface area contributed by atoms with Gasteiger partial charge < -0.3 is 0 Å². The molecule has 2 atom stereocenters. The summed E-state index contributed by atoms with van der Waals surface area (Å²) in [6.07, 6.45) is 1.06. The molecule has 0 nitrogen and oxygen atoms in total. The van der Waals surface area contributed by atoms with Crippen LogP contribution in [0.4, 0.5) is 0 Å². The largest absolute Gasteiger partial charge is 0.171 e. The molecule has 2 unspecified atom stereocenters. The molecule has 0 saturated heterocycles. The van der Waals surface area contributed by atoms with Crippen molar-refractivity contribution in [2.75, 3.05) is 0 Å². The zero-order chi connectivity index (χ0) is 7.84. The lowest BCUT2D eigenvalue weighted by Gasteiger charge is -2.01. The Balaban J connectivity index is 2.52. The molecule has 0 spiro atoms. The summed E-state index contributed by atoms with van der Waals surface area (Å²) in [7, 11) is 0. The highest BCUT2D eigenvalue weighted by Crippen LogP contribution is 2.45. The van der Waals surface area contributed by atoms with Gasteiger partial charge in [-0.3, -0.25) is 0 Å². The lowest BCUT2D eigenvalue weighted by Crippen LogP contribution is -1.81. The molecule has 0 aliphatic heterocycles. The van der Waals surface area contributed by atoms with Gasteiger partial charge in [-0.25, -0.2) is 0 Å². The van der Waals surface area contributed by atoms with Gasteiger partial charge in [-0.2, -0.15) is 25.3 Å². The van der Waals surface area contributed by atoms with Gasteiger partial charge in [-0.15, -0.1) is 0 Å². The van der Waals surface area contributed by atoms with Crippen molar-refractivity contribution in [1.82, 2.24) is 0 Å². The number of thiol groups is 2. The summed E-state index contributed by atoms with van der Waals surface area (Å²) in [6, 6.07) is 8.41. The van der Waals surface area contributed by atoms with Crippen LogP contribution in [0.3, 0.4) is 0 Å². The molecule has 0 aromatic heterocycles. The Morgan fingerprint density at radius 1 is 1.00 bits per heavy atom. The first-order valence-electron chi connectivity index (χ1n) is 3.74. The van der Waals surface area contributed by atoms with Crippen molar-refractivity contribution in [3.05, 3.63) is 35.4 Å². The second-order valence-corrected chi connectivity index (χ2v) is 4.14. The molecule has 0 saturated carbocycles. The van der Waals surface area contributed by atoms with Crippen LogP contribution in [0, 0.1) is 0 Å². The lowest BCUT2D eigenvalue weighted by molar-refractivity contribution is 0.883. The highest BCUT2D eigenvalue weighted by molar-refractivity contribution is 7.81. The zero-order valence-electron chi connectivity index (χ0n) is 6.07. The number of hydrogen-bond donors (Lipinski definition) is 2. The van der Waals surface area contributed by atoms with E-state index in [9.17, 15) is 0 Å². The van der Waals surface area contributed by atoms with Crippen LogP contribution in [0.5, 0.6) is 0 Å². The van der Waals surface area contributed by atoms with Crippen molar-refractivity contribution in [3.63, 3.8) is 0 Å². The SMILES string of the molecule is SC1CC(S)c2ccccc21. The van der Waals surface area contributed by atoms with Gasteiger partial charge in [0.15, 0.2) is 0 Å². The third-order valence-corrected chi connectivity index (χ3v) is 3.14. The molecule has 2 heteroatoms. The molecule has 1 aliphatic rings. The van der Waals surface area contributed by atoms with E-state index < -0.39 is 0 Å². The number of hydrogen-bond acceptors (Lipinski definition) is 2. The fourth-order valence-corrected chi connectivity index (χ4v) is 2.64. The molecule has 0 fully saturated rings. The molecule has 11 heavy (non-hydrogen) atoms. The maximum absolute atomic E-state index is 4.48. The van der Waals surface area contributed by atoms with E-state index in [4.69, 9.17) is 0 Å². The standard InChI is InChI=1S/C9H10S2/c10-8-5-9(11)7-4-2-1-3-6(7)8/h1-4,8-11H,5H2. The highest BCUT2D eigenvalue weighted by atomic mass is 32.1. The van der Waals surface area contributed by atoms with Crippen LogP contribution in [0.15, 0.2) is 24.3 Å². The summed E-state index contributed by atoms with van der Waals surface area (Å²) in [5.41, 5.74) is 2.71. The average Bonchev–Trinajstić information content (AvgIpc) is 2.30. The molecular weight excluding hydrogens is 172 g/mol. The van der Waals surface area contributed by atoms with Crippen LogP contribution in [0.1, 0.15) is 28.0 Å². The molecule has 1 aromatic carbocycles. The van der Waals surface area contributed by atoms with Crippen LogP contribution >= 0.6 is 25.3 Å². The molecule has 0 radical (unpaired) electrons. The molecule has 1 aliphatic carbocycles. The first-order chi connectivity index (χ1) is 5.29. The zero-order valence-corrected chi connectivity index (χ0v) is 7.85. The quantitative estimate of drug-likeness (QED) is 0.566. The average molecular weight is 182 g/mol. The van der Waals surface area contributed by atoms with Gasteiger partial charge in [0.25, 0.3) is 0 Å². The fourth-order valence-electron chi connectivity index (χ4n) is 1.58. The van der Waals surface area contributed by atoms with Gasteiger partial charge in [-0.05, 0) is 17.5 Å². The minimum atomic E-state index is 0.397. The Kier molecular flexibility index (Phi) is 1.90. The first-order valence-corrected chi connectivity index (χ1v) is 4.77. The summed E-state index contributed by atoms with van der Waals surface area (Å²) >= 11 is 8.96. The molecule has 58 valence electrons. The van der Waals surface area contributed by atoms with Crippen molar-refractivity contribution >= 4 is 25.3 Å². The Morgan fingerprint density at radius 2 is 1.45 bits per heavy atom. The molecule has 0 N–H and O–H groups in total. The van der Waals surface area contributed by atoms with E-state index in [0.717, 1.165) is 6.42 Å². The van der Waals surface area contributed by atoms with Crippen molar-refractivity contribution in [2.45, 2.75) is 16.9 Å². The van der Waals surface area contributed by atoms with E-state index in [1.165, 1.54) is 11.1 Å². The van der Waals surface area contributed by atoms with Crippen molar-refractivity contribution in [2.24, 2.45) is 0 Å². The van der Waals surface area contributed by atoms with E-state index in [2.05, 4.69) is 49.5 Å². The molecule has 0 heterocycles. The minimum Gasteiger partial charge on any atom is -0.171 e. The molecule has 0 amide bonds. The highest BCUT2D eigenvalue weighted by Gasteiger charge is 2.25. The van der Waals surface area contributed by atoms with Crippen molar-refractivity contribution in [1.29, 1.82) is 0 Å².